The lowest BCUT2D eigenvalue weighted by Crippen LogP contribution is -2.06. The van der Waals surface area contributed by atoms with Crippen molar-refractivity contribution in [1.82, 2.24) is 4.98 Å². The first-order valence-electron chi connectivity index (χ1n) is 12.0. The second-order valence-corrected chi connectivity index (χ2v) is 8.39. The number of rotatable bonds is 9. The van der Waals surface area contributed by atoms with Crippen LogP contribution in [0.2, 0.25) is 0 Å². The Labute approximate surface area is 209 Å². The molecule has 0 amide bonds. The van der Waals surface area contributed by atoms with E-state index in [1.807, 2.05) is 79.7 Å². The predicted molar refractivity (Wildman–Crippen MR) is 141 cm³/mol. The summed E-state index contributed by atoms with van der Waals surface area (Å²) in [5.41, 5.74) is 3.47. The molecule has 0 aliphatic rings. The number of benzene rings is 4. The van der Waals surface area contributed by atoms with Gasteiger partial charge in [-0.05, 0) is 37.3 Å². The minimum absolute atomic E-state index is 0.240. The summed E-state index contributed by atoms with van der Waals surface area (Å²) in [4.78, 5) is 14.7. The summed E-state index contributed by atoms with van der Waals surface area (Å²) in [5, 5.41) is 12.5. The molecular weight excluding hydrogens is 454 g/mol. The van der Waals surface area contributed by atoms with E-state index in [4.69, 9.17) is 14.2 Å². The molecule has 0 aliphatic heterocycles. The van der Waals surface area contributed by atoms with Gasteiger partial charge in [0.1, 0.15) is 11.5 Å². The maximum atomic E-state index is 11.4. The van der Waals surface area contributed by atoms with E-state index in [0.29, 0.717) is 26.1 Å². The summed E-state index contributed by atoms with van der Waals surface area (Å²) in [7, 11) is 0. The fourth-order valence-corrected chi connectivity index (χ4v) is 4.62. The molecule has 1 aromatic heterocycles. The number of para-hydroxylation sites is 2. The van der Waals surface area contributed by atoms with Crippen molar-refractivity contribution in [2.24, 2.45) is 0 Å². The van der Waals surface area contributed by atoms with Crippen LogP contribution in [0.4, 0.5) is 4.79 Å². The third-order valence-corrected chi connectivity index (χ3v) is 6.15. The number of hydrogen-bond donors (Lipinski definition) is 2. The van der Waals surface area contributed by atoms with Gasteiger partial charge in [0, 0.05) is 27.5 Å². The summed E-state index contributed by atoms with van der Waals surface area (Å²) in [6.45, 7) is 2.98. The third kappa shape index (κ3) is 4.70. The number of nitrogens with one attached hydrogen (secondary N) is 1. The average Bonchev–Trinajstić information content (AvgIpc) is 3.23. The minimum Gasteiger partial charge on any atom is -0.493 e. The molecule has 0 radical (unpaired) electrons. The van der Waals surface area contributed by atoms with Gasteiger partial charge in [0.25, 0.3) is 0 Å². The normalized spacial score (nSPS) is 11.0. The second-order valence-electron chi connectivity index (χ2n) is 8.39. The number of H-pyrrole nitrogens is 1. The van der Waals surface area contributed by atoms with E-state index in [0.717, 1.165) is 49.9 Å². The number of fused-ring (bicyclic) bond motifs is 2. The molecule has 0 saturated carbocycles. The smallest absolute Gasteiger partial charge is 0.493 e. The molecule has 0 fully saturated rings. The van der Waals surface area contributed by atoms with Crippen molar-refractivity contribution in [1.29, 1.82) is 0 Å². The molecule has 5 rings (SSSR count). The van der Waals surface area contributed by atoms with Crippen LogP contribution in [-0.2, 0) is 6.42 Å². The molecule has 0 saturated heterocycles. The van der Waals surface area contributed by atoms with Gasteiger partial charge in [-0.3, -0.25) is 0 Å². The molecule has 0 unspecified atom stereocenters. The van der Waals surface area contributed by atoms with E-state index < -0.39 is 6.16 Å². The minimum atomic E-state index is -1.36. The molecule has 0 aliphatic carbocycles. The zero-order valence-corrected chi connectivity index (χ0v) is 20.0. The van der Waals surface area contributed by atoms with Crippen molar-refractivity contribution >= 4 is 27.8 Å². The molecule has 6 heteroatoms. The van der Waals surface area contributed by atoms with E-state index in [-0.39, 0.29) is 5.88 Å². The molecular formula is C30H27NO5. The average molecular weight is 482 g/mol. The van der Waals surface area contributed by atoms with Gasteiger partial charge in [0.05, 0.1) is 18.7 Å². The second kappa shape index (κ2) is 10.4. The van der Waals surface area contributed by atoms with Crippen LogP contribution < -0.4 is 14.2 Å². The van der Waals surface area contributed by atoms with E-state index in [1.165, 1.54) is 0 Å². The number of hydrogen-bond acceptors (Lipinski definition) is 4. The first-order valence-corrected chi connectivity index (χ1v) is 12.0. The summed E-state index contributed by atoms with van der Waals surface area (Å²) >= 11 is 0. The summed E-state index contributed by atoms with van der Waals surface area (Å²) in [5.74, 6) is 1.85. The Morgan fingerprint density at radius 3 is 2.36 bits per heavy atom. The molecule has 182 valence electrons. The lowest BCUT2D eigenvalue weighted by molar-refractivity contribution is 0.142. The molecule has 6 nitrogen and oxygen atoms in total. The van der Waals surface area contributed by atoms with E-state index in [9.17, 15) is 9.90 Å². The van der Waals surface area contributed by atoms with E-state index in [1.54, 1.807) is 0 Å². The predicted octanol–water partition coefficient (Wildman–Crippen LogP) is 7.46. The van der Waals surface area contributed by atoms with Crippen LogP contribution in [0.25, 0.3) is 32.8 Å². The molecule has 4 aromatic carbocycles. The molecule has 5 aromatic rings. The molecule has 1 heterocycles. The molecule has 36 heavy (non-hydrogen) atoms. The fraction of sp³-hybridized carbons (Fsp3) is 0.167. The fourth-order valence-electron chi connectivity index (χ4n) is 4.62. The molecule has 0 atom stereocenters. The number of carbonyl (C=O) groups is 1. The van der Waals surface area contributed by atoms with Gasteiger partial charge >= 0.3 is 6.16 Å². The highest BCUT2D eigenvalue weighted by Gasteiger charge is 2.19. The number of aromatic nitrogens is 1. The van der Waals surface area contributed by atoms with Crippen LogP contribution >= 0.6 is 0 Å². The van der Waals surface area contributed by atoms with Crippen LogP contribution in [0.15, 0.2) is 84.9 Å². The largest absolute Gasteiger partial charge is 0.512 e. The number of carboxylic acid groups (broad SMARTS) is 1. The Morgan fingerprint density at radius 2 is 1.50 bits per heavy atom. The van der Waals surface area contributed by atoms with Crippen LogP contribution in [0.5, 0.6) is 17.4 Å². The van der Waals surface area contributed by atoms with Gasteiger partial charge in [-0.15, -0.1) is 0 Å². The topological polar surface area (TPSA) is 80.8 Å². The van der Waals surface area contributed by atoms with Crippen molar-refractivity contribution in [2.75, 3.05) is 13.2 Å². The number of ether oxygens (including phenoxy) is 3. The molecule has 0 spiro atoms. The Hall–Kier alpha value is -4.45. The number of aromatic amines is 1. The highest BCUT2D eigenvalue weighted by Crippen LogP contribution is 2.39. The van der Waals surface area contributed by atoms with Gasteiger partial charge in [-0.25, -0.2) is 4.79 Å². The highest BCUT2D eigenvalue weighted by molar-refractivity contribution is 5.99. The van der Waals surface area contributed by atoms with Crippen molar-refractivity contribution < 1.29 is 24.1 Å². The first kappa shape index (κ1) is 23.3. The molecule has 0 bridgehead atoms. The quantitative estimate of drug-likeness (QED) is 0.169. The van der Waals surface area contributed by atoms with E-state index >= 15 is 0 Å². The van der Waals surface area contributed by atoms with Gasteiger partial charge in [0.15, 0.2) is 0 Å². The van der Waals surface area contributed by atoms with Crippen molar-refractivity contribution in [3.63, 3.8) is 0 Å². The van der Waals surface area contributed by atoms with Gasteiger partial charge in [0.2, 0.25) is 5.88 Å². The zero-order valence-electron chi connectivity index (χ0n) is 20.0. The SMILES string of the molecule is CCOc1ccccc1-c1cccc2c(CCCOc3cccc4ccccc34)c(OC(=O)O)[nH]c12. The van der Waals surface area contributed by atoms with Gasteiger partial charge in [-0.2, -0.15) is 0 Å². The zero-order chi connectivity index (χ0) is 24.9. The standard InChI is InChI=1S/C30H27NO5/c1-2-34-27-17-6-5-13-22(27)23-14-8-15-24-25(29(31-28(23)24)36-30(32)33)16-9-19-35-26-18-7-11-20-10-3-4-12-21(20)26/h3-8,10-15,17-18,31H,2,9,16,19H2,1H3,(H,32,33). The van der Waals surface area contributed by atoms with Gasteiger partial charge < -0.3 is 24.3 Å². The Morgan fingerprint density at radius 1 is 0.806 bits per heavy atom. The van der Waals surface area contributed by atoms with Crippen LogP contribution in [-0.4, -0.2) is 29.5 Å². The van der Waals surface area contributed by atoms with Crippen LogP contribution in [0, 0.1) is 0 Å². The van der Waals surface area contributed by atoms with E-state index in [2.05, 4.69) is 17.1 Å². The third-order valence-electron chi connectivity index (χ3n) is 6.15. The lowest BCUT2D eigenvalue weighted by Gasteiger charge is -2.11. The first-order chi connectivity index (χ1) is 17.7. The van der Waals surface area contributed by atoms with Crippen LogP contribution in [0.1, 0.15) is 18.9 Å². The summed E-state index contributed by atoms with van der Waals surface area (Å²) < 4.78 is 17.1. The van der Waals surface area contributed by atoms with Crippen LogP contribution in [0.3, 0.4) is 0 Å². The maximum absolute atomic E-state index is 11.4. The lowest BCUT2D eigenvalue weighted by atomic mass is 10.00. The van der Waals surface area contributed by atoms with Gasteiger partial charge in [-0.1, -0.05) is 72.8 Å². The Kier molecular flexibility index (Phi) is 6.76. The maximum Gasteiger partial charge on any atom is 0.512 e. The molecule has 2 N–H and O–H groups in total. The van der Waals surface area contributed by atoms with Crippen molar-refractivity contribution in [2.45, 2.75) is 19.8 Å². The Bertz CT molecular complexity index is 1520. The highest BCUT2D eigenvalue weighted by atomic mass is 16.7. The van der Waals surface area contributed by atoms with Crippen molar-refractivity contribution in [3.8, 4) is 28.5 Å². The summed E-state index contributed by atoms with van der Waals surface area (Å²) in [6, 6.07) is 27.9. The number of aryl methyl sites for hydroxylation is 1. The van der Waals surface area contributed by atoms with Crippen molar-refractivity contribution in [3.05, 3.63) is 90.5 Å². The Balaban J connectivity index is 1.43. The monoisotopic (exact) mass is 481 g/mol. The summed E-state index contributed by atoms with van der Waals surface area (Å²) in [6.07, 6.45) is -0.0818.